The number of anilines is 6. The van der Waals surface area contributed by atoms with Crippen molar-refractivity contribution in [3.05, 3.63) is 157 Å². The van der Waals surface area contributed by atoms with Crippen molar-refractivity contribution in [1.82, 2.24) is 9.97 Å². The molecule has 6 nitrogen and oxygen atoms in total. The van der Waals surface area contributed by atoms with Gasteiger partial charge in [0.2, 0.25) is 0 Å². The van der Waals surface area contributed by atoms with E-state index in [-0.39, 0.29) is 0 Å². The molecule has 224 valence electrons. The van der Waals surface area contributed by atoms with Gasteiger partial charge in [-0.1, -0.05) is 72.8 Å². The molecule has 7 aromatic rings. The van der Waals surface area contributed by atoms with Gasteiger partial charge in [0.15, 0.2) is 23.0 Å². The summed E-state index contributed by atoms with van der Waals surface area (Å²) < 4.78 is 12.4. The van der Waals surface area contributed by atoms with E-state index in [1.807, 2.05) is 79.7 Å². The molecule has 0 fully saturated rings. The first-order valence-corrected chi connectivity index (χ1v) is 15.6. The van der Waals surface area contributed by atoms with E-state index in [1.165, 1.54) is 0 Å². The van der Waals surface area contributed by atoms with Crippen LogP contribution < -0.4 is 19.3 Å². The van der Waals surface area contributed by atoms with E-state index in [4.69, 9.17) is 19.4 Å². The SMILES string of the molecule is Cc1nc(-c2ccc(N3c4ccccc4Oc4ccccc43)cc2)cc(-c2ccc(N3c4ccccc4Oc4ccccc43)cc2)n1. The fourth-order valence-corrected chi connectivity index (χ4v) is 6.39. The Morgan fingerprint density at radius 1 is 0.404 bits per heavy atom. The van der Waals surface area contributed by atoms with Crippen molar-refractivity contribution in [3.63, 3.8) is 0 Å². The minimum absolute atomic E-state index is 0.720. The molecule has 0 unspecified atom stereocenters. The molecule has 1 aromatic heterocycles. The highest BCUT2D eigenvalue weighted by Gasteiger charge is 2.26. The van der Waals surface area contributed by atoms with E-state index in [0.29, 0.717) is 0 Å². The van der Waals surface area contributed by atoms with E-state index >= 15 is 0 Å². The minimum Gasteiger partial charge on any atom is -0.453 e. The molecule has 3 heterocycles. The summed E-state index contributed by atoms with van der Waals surface area (Å²) in [6.07, 6.45) is 0. The van der Waals surface area contributed by atoms with Crippen molar-refractivity contribution < 1.29 is 9.47 Å². The molecule has 0 amide bonds. The van der Waals surface area contributed by atoms with Gasteiger partial charge in [-0.05, 0) is 85.8 Å². The van der Waals surface area contributed by atoms with E-state index in [1.54, 1.807) is 0 Å². The molecule has 0 saturated carbocycles. The second kappa shape index (κ2) is 10.9. The lowest BCUT2D eigenvalue weighted by atomic mass is 10.0. The first-order valence-electron chi connectivity index (χ1n) is 15.6. The fraction of sp³-hybridized carbons (Fsp3) is 0.0244. The normalized spacial score (nSPS) is 12.6. The molecule has 6 aromatic carbocycles. The number of aryl methyl sites for hydroxylation is 1. The summed E-state index contributed by atoms with van der Waals surface area (Å²) >= 11 is 0. The number of rotatable bonds is 4. The summed E-state index contributed by atoms with van der Waals surface area (Å²) in [6, 6.07) is 51.6. The van der Waals surface area contributed by atoms with Crippen molar-refractivity contribution >= 4 is 34.1 Å². The Hall–Kier alpha value is -6.40. The van der Waals surface area contributed by atoms with Crippen molar-refractivity contribution in [1.29, 1.82) is 0 Å². The molecule has 0 spiro atoms. The minimum atomic E-state index is 0.720. The highest BCUT2D eigenvalue weighted by Crippen LogP contribution is 2.51. The molecule has 2 aliphatic rings. The number of para-hydroxylation sites is 8. The second-order valence-corrected chi connectivity index (χ2v) is 11.5. The Morgan fingerprint density at radius 3 is 1.06 bits per heavy atom. The van der Waals surface area contributed by atoms with Crippen LogP contribution in [-0.2, 0) is 0 Å². The molecule has 0 saturated heterocycles. The molecule has 0 bridgehead atoms. The summed E-state index contributed by atoms with van der Waals surface area (Å²) in [4.78, 5) is 14.1. The van der Waals surface area contributed by atoms with Crippen LogP contribution >= 0.6 is 0 Å². The third-order valence-electron chi connectivity index (χ3n) is 8.54. The third-order valence-corrected chi connectivity index (χ3v) is 8.54. The Morgan fingerprint density at radius 2 is 0.723 bits per heavy atom. The zero-order chi connectivity index (χ0) is 31.3. The summed E-state index contributed by atoms with van der Waals surface area (Å²) in [7, 11) is 0. The van der Waals surface area contributed by atoms with Gasteiger partial charge in [-0.2, -0.15) is 0 Å². The van der Waals surface area contributed by atoms with Crippen LogP contribution in [0.2, 0.25) is 0 Å². The predicted octanol–water partition coefficient (Wildman–Crippen LogP) is 11.3. The van der Waals surface area contributed by atoms with Crippen LogP contribution in [0, 0.1) is 6.92 Å². The van der Waals surface area contributed by atoms with Crippen LogP contribution in [0.3, 0.4) is 0 Å². The molecule has 0 N–H and O–H groups in total. The number of ether oxygens (including phenoxy) is 2. The number of hydrogen-bond donors (Lipinski definition) is 0. The lowest BCUT2D eigenvalue weighted by molar-refractivity contribution is 0.477. The van der Waals surface area contributed by atoms with E-state index < -0.39 is 0 Å². The Balaban J connectivity index is 1.04. The average Bonchev–Trinajstić information content (AvgIpc) is 3.13. The Bertz CT molecular complexity index is 2030. The highest BCUT2D eigenvalue weighted by molar-refractivity contribution is 5.88. The van der Waals surface area contributed by atoms with Gasteiger partial charge in [0, 0.05) is 22.5 Å². The summed E-state index contributed by atoms with van der Waals surface area (Å²) in [5.74, 6) is 4.05. The topological polar surface area (TPSA) is 50.7 Å². The van der Waals surface area contributed by atoms with Gasteiger partial charge in [-0.25, -0.2) is 9.97 Å². The first kappa shape index (κ1) is 27.0. The fourth-order valence-electron chi connectivity index (χ4n) is 6.39. The molecular formula is C41H28N4O2. The number of aromatic nitrogens is 2. The van der Waals surface area contributed by atoms with Gasteiger partial charge in [0.1, 0.15) is 5.82 Å². The van der Waals surface area contributed by atoms with Gasteiger partial charge in [0.25, 0.3) is 0 Å². The Kier molecular flexibility index (Phi) is 6.25. The number of hydrogen-bond acceptors (Lipinski definition) is 6. The molecule has 0 atom stereocenters. The zero-order valence-corrected chi connectivity index (χ0v) is 25.5. The zero-order valence-electron chi connectivity index (χ0n) is 25.5. The lowest BCUT2D eigenvalue weighted by Crippen LogP contribution is -2.15. The smallest absolute Gasteiger partial charge is 0.151 e. The molecule has 0 aliphatic carbocycles. The summed E-state index contributed by atoms with van der Waals surface area (Å²) in [6.45, 7) is 1.94. The molecule has 9 rings (SSSR count). The first-order chi connectivity index (χ1) is 23.2. The number of benzene rings is 6. The van der Waals surface area contributed by atoms with Gasteiger partial charge >= 0.3 is 0 Å². The maximum absolute atomic E-state index is 6.20. The largest absolute Gasteiger partial charge is 0.453 e. The standard InChI is InChI=1S/C41H28N4O2/c1-27-42-32(28-18-22-30(23-19-28)44-34-10-2-6-14-38(34)46-39-15-7-3-11-35(39)44)26-33(43-27)29-20-24-31(25-21-29)45-36-12-4-8-16-40(36)47-41-17-9-5-13-37(41)45/h2-26H,1H3. The van der Waals surface area contributed by atoms with Crippen molar-refractivity contribution in [2.75, 3.05) is 9.80 Å². The second-order valence-electron chi connectivity index (χ2n) is 11.5. The third kappa shape index (κ3) is 4.66. The Labute approximate surface area is 272 Å². The number of fused-ring (bicyclic) bond motifs is 4. The van der Waals surface area contributed by atoms with Crippen molar-refractivity contribution in [3.8, 4) is 45.5 Å². The van der Waals surface area contributed by atoms with Gasteiger partial charge in [0.05, 0.1) is 34.1 Å². The highest BCUT2D eigenvalue weighted by atomic mass is 16.5. The molecule has 6 heteroatoms. The summed E-state index contributed by atoms with van der Waals surface area (Å²) in [5, 5.41) is 0. The van der Waals surface area contributed by atoms with Crippen LogP contribution in [0.1, 0.15) is 5.82 Å². The van der Waals surface area contributed by atoms with Gasteiger partial charge in [-0.15, -0.1) is 0 Å². The average molecular weight is 609 g/mol. The van der Waals surface area contributed by atoms with Crippen LogP contribution in [0.25, 0.3) is 22.5 Å². The maximum Gasteiger partial charge on any atom is 0.151 e. The quantitative estimate of drug-likeness (QED) is 0.198. The molecule has 0 radical (unpaired) electrons. The van der Waals surface area contributed by atoms with Crippen molar-refractivity contribution in [2.45, 2.75) is 6.92 Å². The molecule has 2 aliphatic heterocycles. The summed E-state index contributed by atoms with van der Waals surface area (Å²) in [5.41, 5.74) is 9.91. The van der Waals surface area contributed by atoms with Crippen LogP contribution in [0.5, 0.6) is 23.0 Å². The predicted molar refractivity (Wildman–Crippen MR) is 187 cm³/mol. The monoisotopic (exact) mass is 608 g/mol. The van der Waals surface area contributed by atoms with E-state index in [9.17, 15) is 0 Å². The van der Waals surface area contributed by atoms with Crippen LogP contribution in [0.15, 0.2) is 152 Å². The van der Waals surface area contributed by atoms with E-state index in [2.05, 4.69) is 88.7 Å². The van der Waals surface area contributed by atoms with Crippen molar-refractivity contribution in [2.24, 2.45) is 0 Å². The molecule has 47 heavy (non-hydrogen) atoms. The number of nitrogens with zero attached hydrogens (tertiary/aromatic N) is 4. The van der Waals surface area contributed by atoms with E-state index in [0.717, 1.165) is 85.5 Å². The van der Waals surface area contributed by atoms with Gasteiger partial charge in [-0.3, -0.25) is 0 Å². The van der Waals surface area contributed by atoms with Crippen LogP contribution in [-0.4, -0.2) is 9.97 Å². The maximum atomic E-state index is 6.20. The lowest BCUT2D eigenvalue weighted by Gasteiger charge is -2.32. The van der Waals surface area contributed by atoms with Gasteiger partial charge < -0.3 is 19.3 Å². The van der Waals surface area contributed by atoms with Crippen LogP contribution in [0.4, 0.5) is 34.1 Å². The molecular weight excluding hydrogens is 580 g/mol.